The summed E-state index contributed by atoms with van der Waals surface area (Å²) in [5.41, 5.74) is 7.17. The fraction of sp³-hybridized carbons (Fsp3) is 0.300. The number of rotatable bonds is 2. The van der Waals surface area contributed by atoms with Gasteiger partial charge in [-0.05, 0) is 24.4 Å². The van der Waals surface area contributed by atoms with Crippen molar-refractivity contribution in [3.63, 3.8) is 0 Å². The summed E-state index contributed by atoms with van der Waals surface area (Å²) in [4.78, 5) is 0. The summed E-state index contributed by atoms with van der Waals surface area (Å²) < 4.78 is 10.4. The molecule has 0 bridgehead atoms. The average molecular weight is 239 g/mol. The van der Waals surface area contributed by atoms with E-state index in [1.807, 2.05) is 18.2 Å². The Labute approximate surface area is 98.9 Å². The van der Waals surface area contributed by atoms with Crippen LogP contribution in [0.4, 0.5) is 11.4 Å². The number of thiocarbonyl (C=S) groups is 1. The van der Waals surface area contributed by atoms with Gasteiger partial charge in [-0.1, -0.05) is 12.1 Å². The van der Waals surface area contributed by atoms with E-state index in [9.17, 15) is 0 Å². The number of nitrogens with one attached hydrogen (secondary N) is 2. The number of hydrogen-bond donors (Lipinski definition) is 3. The van der Waals surface area contributed by atoms with Crippen molar-refractivity contribution >= 4 is 28.7 Å². The molecule has 0 spiro atoms. The number of nitrogens with two attached hydrogens (primary N) is 1. The van der Waals surface area contributed by atoms with Gasteiger partial charge in [-0.15, -0.1) is 0 Å². The van der Waals surface area contributed by atoms with Gasteiger partial charge in [-0.3, -0.25) is 0 Å². The molecule has 1 aromatic carbocycles. The van der Waals surface area contributed by atoms with E-state index >= 15 is 0 Å². The van der Waals surface area contributed by atoms with Crippen LogP contribution in [-0.2, 0) is 9.47 Å². The molecule has 0 aromatic heterocycles. The van der Waals surface area contributed by atoms with Gasteiger partial charge < -0.3 is 25.8 Å². The molecular weight excluding hydrogens is 226 g/mol. The Morgan fingerprint density at radius 1 is 1.31 bits per heavy atom. The van der Waals surface area contributed by atoms with Gasteiger partial charge in [0, 0.05) is 0 Å². The largest absolute Gasteiger partial charge is 0.397 e. The highest BCUT2D eigenvalue weighted by Gasteiger charge is 2.16. The number of anilines is 2. The molecule has 5 nitrogen and oxygen atoms in total. The fourth-order valence-electron chi connectivity index (χ4n) is 1.32. The van der Waals surface area contributed by atoms with Gasteiger partial charge in [0.25, 0.3) is 0 Å². The predicted molar refractivity (Wildman–Crippen MR) is 65.9 cm³/mol. The van der Waals surface area contributed by atoms with Crippen LogP contribution < -0.4 is 16.4 Å². The number of para-hydroxylation sites is 2. The molecule has 1 fully saturated rings. The molecule has 1 aliphatic heterocycles. The second-order valence-electron chi connectivity index (χ2n) is 3.26. The maximum absolute atomic E-state index is 5.76. The molecule has 6 heteroatoms. The lowest BCUT2D eigenvalue weighted by Crippen LogP contribution is -2.38. The normalized spacial score (nSPS) is 16.0. The van der Waals surface area contributed by atoms with Gasteiger partial charge in [0.2, 0.25) is 6.41 Å². The van der Waals surface area contributed by atoms with Crippen LogP contribution in [0.15, 0.2) is 24.3 Å². The number of ether oxygens (including phenoxy) is 2. The summed E-state index contributed by atoms with van der Waals surface area (Å²) in [5.74, 6) is 0. The van der Waals surface area contributed by atoms with Crippen molar-refractivity contribution in [2.24, 2.45) is 0 Å². The summed E-state index contributed by atoms with van der Waals surface area (Å²) >= 11 is 5.09. The van der Waals surface area contributed by atoms with Gasteiger partial charge in [-0.25, -0.2) is 0 Å². The Hall–Kier alpha value is -1.37. The Morgan fingerprint density at radius 2 is 2.00 bits per heavy atom. The van der Waals surface area contributed by atoms with Gasteiger partial charge in [0.15, 0.2) is 5.11 Å². The van der Waals surface area contributed by atoms with Crippen LogP contribution in [0.3, 0.4) is 0 Å². The molecular formula is C10H13N3O2S. The minimum atomic E-state index is -0.468. The Morgan fingerprint density at radius 3 is 2.69 bits per heavy atom. The van der Waals surface area contributed by atoms with Crippen molar-refractivity contribution in [1.82, 2.24) is 5.32 Å². The second-order valence-corrected chi connectivity index (χ2v) is 3.67. The zero-order valence-corrected chi connectivity index (χ0v) is 9.42. The summed E-state index contributed by atoms with van der Waals surface area (Å²) in [5, 5.41) is 6.27. The molecule has 86 valence electrons. The van der Waals surface area contributed by atoms with Crippen LogP contribution in [0, 0.1) is 0 Å². The Balaban J connectivity index is 1.89. The first kappa shape index (κ1) is 11.1. The smallest absolute Gasteiger partial charge is 0.239 e. The maximum atomic E-state index is 5.76. The lowest BCUT2D eigenvalue weighted by atomic mass is 10.3. The molecule has 1 aromatic rings. The third-order valence-electron chi connectivity index (χ3n) is 2.08. The molecule has 0 amide bonds. The zero-order chi connectivity index (χ0) is 11.4. The minimum Gasteiger partial charge on any atom is -0.397 e. The van der Waals surface area contributed by atoms with Crippen molar-refractivity contribution < 1.29 is 9.47 Å². The fourth-order valence-corrected chi connectivity index (χ4v) is 1.52. The maximum Gasteiger partial charge on any atom is 0.239 e. The van der Waals surface area contributed by atoms with Crippen LogP contribution in [0.2, 0.25) is 0 Å². The number of benzene rings is 1. The highest BCUT2D eigenvalue weighted by Crippen LogP contribution is 2.16. The van der Waals surface area contributed by atoms with Crippen molar-refractivity contribution in [2.75, 3.05) is 24.3 Å². The van der Waals surface area contributed by atoms with Gasteiger partial charge in [0.1, 0.15) is 0 Å². The summed E-state index contributed by atoms with van der Waals surface area (Å²) in [6, 6.07) is 7.39. The topological polar surface area (TPSA) is 68.5 Å². The monoisotopic (exact) mass is 239 g/mol. The predicted octanol–water partition coefficient (Wildman–Crippen LogP) is 0.886. The van der Waals surface area contributed by atoms with Crippen molar-refractivity contribution in [3.8, 4) is 0 Å². The third-order valence-corrected chi connectivity index (χ3v) is 2.30. The molecule has 0 radical (unpaired) electrons. The van der Waals surface area contributed by atoms with Crippen LogP contribution in [0.25, 0.3) is 0 Å². The SMILES string of the molecule is Nc1ccccc1NC(=S)NC1OCCO1. The van der Waals surface area contributed by atoms with E-state index in [-0.39, 0.29) is 0 Å². The van der Waals surface area contributed by atoms with Gasteiger partial charge in [0.05, 0.1) is 24.6 Å². The highest BCUT2D eigenvalue weighted by atomic mass is 32.1. The number of hydrogen-bond acceptors (Lipinski definition) is 4. The van der Waals surface area contributed by atoms with Crippen LogP contribution in [0.5, 0.6) is 0 Å². The highest BCUT2D eigenvalue weighted by molar-refractivity contribution is 7.80. The molecule has 1 aliphatic rings. The zero-order valence-electron chi connectivity index (χ0n) is 8.60. The van der Waals surface area contributed by atoms with E-state index in [0.29, 0.717) is 24.0 Å². The average Bonchev–Trinajstić information content (AvgIpc) is 2.74. The molecule has 0 saturated carbocycles. The van der Waals surface area contributed by atoms with Crippen LogP contribution in [-0.4, -0.2) is 24.7 Å². The van der Waals surface area contributed by atoms with Crippen LogP contribution >= 0.6 is 12.2 Å². The van der Waals surface area contributed by atoms with Gasteiger partial charge in [-0.2, -0.15) is 0 Å². The molecule has 16 heavy (non-hydrogen) atoms. The van der Waals surface area contributed by atoms with Crippen LogP contribution in [0.1, 0.15) is 0 Å². The molecule has 2 rings (SSSR count). The third kappa shape index (κ3) is 2.82. The van der Waals surface area contributed by atoms with Crippen molar-refractivity contribution in [2.45, 2.75) is 6.41 Å². The number of nitrogen functional groups attached to an aromatic ring is 1. The molecule has 0 atom stereocenters. The Kier molecular flexibility index (Phi) is 3.55. The standard InChI is InChI=1S/C10H13N3O2S/c11-7-3-1-2-4-8(7)12-9(16)13-10-14-5-6-15-10/h1-4,10H,5-6,11H2,(H2,12,13,16). The van der Waals surface area contributed by atoms with Crippen molar-refractivity contribution in [1.29, 1.82) is 0 Å². The molecule has 1 saturated heterocycles. The van der Waals surface area contributed by atoms with E-state index in [2.05, 4.69) is 10.6 Å². The molecule has 0 aliphatic carbocycles. The first-order chi connectivity index (χ1) is 7.75. The lowest BCUT2D eigenvalue weighted by Gasteiger charge is -2.15. The summed E-state index contributed by atoms with van der Waals surface area (Å²) in [6.07, 6.45) is -0.468. The molecule has 0 unspecified atom stereocenters. The van der Waals surface area contributed by atoms with E-state index < -0.39 is 6.41 Å². The van der Waals surface area contributed by atoms with Gasteiger partial charge >= 0.3 is 0 Å². The molecule has 1 heterocycles. The summed E-state index contributed by atoms with van der Waals surface area (Å²) in [6.45, 7) is 1.15. The quantitative estimate of drug-likeness (QED) is 0.526. The first-order valence-corrected chi connectivity index (χ1v) is 5.32. The summed E-state index contributed by atoms with van der Waals surface area (Å²) in [7, 11) is 0. The van der Waals surface area contributed by atoms with E-state index in [1.165, 1.54) is 0 Å². The lowest BCUT2D eigenvalue weighted by molar-refractivity contribution is -0.0516. The Bertz CT molecular complexity index is 380. The molecule has 4 N–H and O–H groups in total. The van der Waals surface area contributed by atoms with E-state index in [0.717, 1.165) is 5.69 Å². The first-order valence-electron chi connectivity index (χ1n) is 4.91. The van der Waals surface area contributed by atoms with E-state index in [1.54, 1.807) is 6.07 Å². The van der Waals surface area contributed by atoms with E-state index in [4.69, 9.17) is 27.4 Å². The minimum absolute atomic E-state index is 0.421. The van der Waals surface area contributed by atoms with Crippen molar-refractivity contribution in [3.05, 3.63) is 24.3 Å². The second kappa shape index (κ2) is 5.11.